The Balaban J connectivity index is 1.84. The van der Waals surface area contributed by atoms with Crippen molar-refractivity contribution < 1.29 is 4.52 Å². The van der Waals surface area contributed by atoms with Crippen molar-refractivity contribution in [2.24, 2.45) is 0 Å². The zero-order valence-corrected chi connectivity index (χ0v) is 14.4. The minimum atomic E-state index is 0.268. The molecule has 0 aliphatic carbocycles. The fourth-order valence-electron chi connectivity index (χ4n) is 2.53. The molecular weight excluding hydrogens is 298 g/mol. The Labute approximate surface area is 143 Å². The van der Waals surface area contributed by atoms with E-state index in [0.29, 0.717) is 12.4 Å². The molecule has 0 spiro atoms. The van der Waals surface area contributed by atoms with Crippen molar-refractivity contribution in [3.8, 4) is 0 Å². The van der Waals surface area contributed by atoms with Crippen LogP contribution in [-0.2, 0) is 13.1 Å². The molecule has 0 saturated carbocycles. The lowest BCUT2D eigenvalue weighted by atomic mass is 10.1. The minimum Gasteiger partial charge on any atom is -0.358 e. The van der Waals surface area contributed by atoms with Gasteiger partial charge in [-0.1, -0.05) is 67.0 Å². The van der Waals surface area contributed by atoms with E-state index in [2.05, 4.69) is 84.3 Å². The zero-order chi connectivity index (χ0) is 16.9. The highest BCUT2D eigenvalue weighted by atomic mass is 16.5. The van der Waals surface area contributed by atoms with Crippen molar-refractivity contribution >= 4 is 5.69 Å². The summed E-state index contributed by atoms with van der Waals surface area (Å²) in [7, 11) is 0. The molecule has 3 aromatic rings. The Morgan fingerprint density at radius 3 is 2.29 bits per heavy atom. The normalized spacial score (nSPS) is 11.0. The molecule has 0 aliphatic rings. The second-order valence-electron chi connectivity index (χ2n) is 6.38. The van der Waals surface area contributed by atoms with E-state index < -0.39 is 0 Å². The molecule has 24 heavy (non-hydrogen) atoms. The summed E-state index contributed by atoms with van der Waals surface area (Å²) in [6.45, 7) is 7.62. The summed E-state index contributed by atoms with van der Waals surface area (Å²) < 4.78 is 5.44. The zero-order valence-electron chi connectivity index (χ0n) is 14.4. The number of hydrogen-bond acceptors (Lipinski definition) is 4. The third-order valence-corrected chi connectivity index (χ3v) is 3.94. The van der Waals surface area contributed by atoms with E-state index in [0.717, 1.165) is 18.1 Å². The smallest absolute Gasteiger partial charge is 0.246 e. The predicted molar refractivity (Wildman–Crippen MR) is 95.9 cm³/mol. The monoisotopic (exact) mass is 321 g/mol. The first-order chi connectivity index (χ1) is 11.6. The van der Waals surface area contributed by atoms with Gasteiger partial charge in [-0.2, -0.15) is 4.98 Å². The fourth-order valence-corrected chi connectivity index (χ4v) is 2.53. The van der Waals surface area contributed by atoms with Gasteiger partial charge in [0, 0.05) is 18.2 Å². The summed E-state index contributed by atoms with van der Waals surface area (Å²) in [6, 6.07) is 18.9. The van der Waals surface area contributed by atoms with Gasteiger partial charge in [0.15, 0.2) is 5.82 Å². The average Bonchev–Trinajstić information content (AvgIpc) is 3.05. The Morgan fingerprint density at radius 2 is 1.67 bits per heavy atom. The van der Waals surface area contributed by atoms with Crippen molar-refractivity contribution in [2.75, 3.05) is 4.90 Å². The van der Waals surface area contributed by atoms with Crippen LogP contribution in [-0.4, -0.2) is 10.1 Å². The summed E-state index contributed by atoms with van der Waals surface area (Å²) in [6.07, 6.45) is 0. The van der Waals surface area contributed by atoms with Gasteiger partial charge in [-0.15, -0.1) is 0 Å². The van der Waals surface area contributed by atoms with E-state index in [-0.39, 0.29) is 5.92 Å². The number of benzene rings is 2. The van der Waals surface area contributed by atoms with Crippen molar-refractivity contribution in [3.63, 3.8) is 0 Å². The average molecular weight is 321 g/mol. The van der Waals surface area contributed by atoms with Crippen LogP contribution in [0.2, 0.25) is 0 Å². The van der Waals surface area contributed by atoms with Crippen LogP contribution in [0.15, 0.2) is 59.1 Å². The molecule has 124 valence electrons. The van der Waals surface area contributed by atoms with Gasteiger partial charge in [-0.05, 0) is 24.6 Å². The topological polar surface area (TPSA) is 42.2 Å². The molecule has 0 radical (unpaired) electrons. The maximum atomic E-state index is 5.44. The van der Waals surface area contributed by atoms with E-state index in [4.69, 9.17) is 4.52 Å². The largest absolute Gasteiger partial charge is 0.358 e. The van der Waals surface area contributed by atoms with Crippen LogP contribution >= 0.6 is 0 Å². The van der Waals surface area contributed by atoms with E-state index in [1.807, 2.05) is 6.07 Å². The number of aryl methyl sites for hydroxylation is 1. The van der Waals surface area contributed by atoms with Crippen LogP contribution in [0.5, 0.6) is 0 Å². The van der Waals surface area contributed by atoms with Crippen LogP contribution in [0.3, 0.4) is 0 Å². The van der Waals surface area contributed by atoms with Gasteiger partial charge in [-0.25, -0.2) is 0 Å². The van der Waals surface area contributed by atoms with Crippen LogP contribution in [0.4, 0.5) is 5.69 Å². The minimum absolute atomic E-state index is 0.268. The van der Waals surface area contributed by atoms with Gasteiger partial charge in [-0.3, -0.25) is 0 Å². The van der Waals surface area contributed by atoms with Gasteiger partial charge in [0.25, 0.3) is 0 Å². The molecule has 1 aromatic heterocycles. The maximum absolute atomic E-state index is 5.44. The van der Waals surface area contributed by atoms with E-state index >= 15 is 0 Å². The molecule has 4 nitrogen and oxygen atoms in total. The molecule has 0 fully saturated rings. The third kappa shape index (κ3) is 4.02. The standard InChI is InChI=1S/C20H23N3O/c1-15(2)20-21-19(24-22-20)14-23(13-17-7-5-4-6-8-17)18-11-9-16(3)10-12-18/h4-12,15H,13-14H2,1-3H3. The Bertz CT molecular complexity index is 763. The molecular formula is C20H23N3O. The first kappa shape index (κ1) is 16.2. The molecule has 2 aromatic carbocycles. The number of anilines is 1. The number of rotatable bonds is 6. The molecule has 0 N–H and O–H groups in total. The summed E-state index contributed by atoms with van der Waals surface area (Å²) in [5, 5.41) is 4.07. The molecule has 0 atom stereocenters. The van der Waals surface area contributed by atoms with Gasteiger partial charge >= 0.3 is 0 Å². The quantitative estimate of drug-likeness (QED) is 0.659. The van der Waals surface area contributed by atoms with Gasteiger partial charge in [0.2, 0.25) is 5.89 Å². The Hall–Kier alpha value is -2.62. The van der Waals surface area contributed by atoms with Crippen LogP contribution in [0.25, 0.3) is 0 Å². The summed E-state index contributed by atoms with van der Waals surface area (Å²) in [5.74, 6) is 1.67. The van der Waals surface area contributed by atoms with Crippen molar-refractivity contribution in [3.05, 3.63) is 77.4 Å². The highest BCUT2D eigenvalue weighted by Gasteiger charge is 2.15. The fraction of sp³-hybridized carbons (Fsp3) is 0.300. The molecule has 0 bridgehead atoms. The van der Waals surface area contributed by atoms with Crippen molar-refractivity contribution in [2.45, 2.75) is 39.8 Å². The number of hydrogen-bond donors (Lipinski definition) is 0. The third-order valence-electron chi connectivity index (χ3n) is 3.94. The molecule has 0 amide bonds. The molecule has 1 heterocycles. The first-order valence-electron chi connectivity index (χ1n) is 8.30. The van der Waals surface area contributed by atoms with Gasteiger partial charge in [0.05, 0.1) is 6.54 Å². The van der Waals surface area contributed by atoms with Gasteiger partial charge < -0.3 is 9.42 Å². The SMILES string of the molecule is Cc1ccc(N(Cc2ccccc2)Cc2nc(C(C)C)no2)cc1. The maximum Gasteiger partial charge on any atom is 0.246 e. The Kier molecular flexibility index (Phi) is 4.94. The van der Waals surface area contributed by atoms with Crippen LogP contribution in [0, 0.1) is 6.92 Å². The lowest BCUT2D eigenvalue weighted by Crippen LogP contribution is -2.22. The first-order valence-corrected chi connectivity index (χ1v) is 8.30. The second kappa shape index (κ2) is 7.30. The molecule has 3 rings (SSSR count). The van der Waals surface area contributed by atoms with E-state index in [9.17, 15) is 0 Å². The van der Waals surface area contributed by atoms with E-state index in [1.165, 1.54) is 11.1 Å². The van der Waals surface area contributed by atoms with Crippen molar-refractivity contribution in [1.82, 2.24) is 10.1 Å². The summed E-state index contributed by atoms with van der Waals surface area (Å²) in [4.78, 5) is 6.77. The highest BCUT2D eigenvalue weighted by molar-refractivity contribution is 5.48. The number of aromatic nitrogens is 2. The molecule has 0 unspecified atom stereocenters. The summed E-state index contributed by atoms with van der Waals surface area (Å²) in [5.41, 5.74) is 3.65. The molecule has 4 heteroatoms. The predicted octanol–water partition coefficient (Wildman–Crippen LogP) is 4.71. The van der Waals surface area contributed by atoms with Crippen molar-refractivity contribution in [1.29, 1.82) is 0 Å². The molecule has 0 saturated heterocycles. The lowest BCUT2D eigenvalue weighted by molar-refractivity contribution is 0.369. The van der Waals surface area contributed by atoms with E-state index in [1.54, 1.807) is 0 Å². The summed E-state index contributed by atoms with van der Waals surface area (Å²) >= 11 is 0. The van der Waals surface area contributed by atoms with Crippen LogP contribution in [0.1, 0.15) is 42.6 Å². The van der Waals surface area contributed by atoms with Crippen LogP contribution < -0.4 is 4.90 Å². The molecule has 0 aliphatic heterocycles. The highest BCUT2D eigenvalue weighted by Crippen LogP contribution is 2.21. The lowest BCUT2D eigenvalue weighted by Gasteiger charge is -2.23. The Morgan fingerprint density at radius 1 is 0.958 bits per heavy atom. The van der Waals surface area contributed by atoms with Gasteiger partial charge in [0.1, 0.15) is 0 Å². The second-order valence-corrected chi connectivity index (χ2v) is 6.38. The number of nitrogens with zero attached hydrogens (tertiary/aromatic N) is 3.